The van der Waals surface area contributed by atoms with Crippen LogP contribution < -0.4 is 5.32 Å². The Morgan fingerprint density at radius 2 is 2.47 bits per heavy atom. The molecule has 0 aliphatic heterocycles. The molecule has 1 aromatic heterocycles. The normalized spacial score (nSPS) is 21.3. The van der Waals surface area contributed by atoms with Gasteiger partial charge >= 0.3 is 0 Å². The summed E-state index contributed by atoms with van der Waals surface area (Å²) in [5.74, 6) is 0.631. The predicted molar refractivity (Wildman–Crippen MR) is 63.1 cm³/mol. The van der Waals surface area contributed by atoms with Gasteiger partial charge in [-0.05, 0) is 37.9 Å². The van der Waals surface area contributed by atoms with Crippen LogP contribution in [0.25, 0.3) is 0 Å². The molecule has 0 spiro atoms. The van der Waals surface area contributed by atoms with E-state index in [1.165, 1.54) is 36.9 Å². The molecule has 0 fully saturated rings. The van der Waals surface area contributed by atoms with E-state index in [9.17, 15) is 0 Å². The zero-order valence-corrected chi connectivity index (χ0v) is 9.66. The molecule has 1 aromatic rings. The molecule has 0 saturated carbocycles. The van der Waals surface area contributed by atoms with E-state index in [0.29, 0.717) is 12.0 Å². The van der Waals surface area contributed by atoms with Crippen molar-refractivity contribution in [2.75, 3.05) is 7.05 Å². The lowest BCUT2D eigenvalue weighted by molar-refractivity contribution is 0.424. The quantitative estimate of drug-likeness (QED) is 0.815. The van der Waals surface area contributed by atoms with Gasteiger partial charge in [-0.1, -0.05) is 19.4 Å². The fraction of sp³-hybridized carbons (Fsp3) is 0.615. The number of hydrogen-bond acceptors (Lipinski definition) is 2. The van der Waals surface area contributed by atoms with Crippen molar-refractivity contribution in [1.29, 1.82) is 0 Å². The number of nitrogens with zero attached hydrogens (tertiary/aromatic N) is 1. The van der Waals surface area contributed by atoms with Gasteiger partial charge in [0, 0.05) is 23.9 Å². The Hall–Kier alpha value is -0.890. The predicted octanol–water partition coefficient (Wildman–Crippen LogP) is 2.50. The van der Waals surface area contributed by atoms with Crippen molar-refractivity contribution in [3.05, 3.63) is 29.6 Å². The van der Waals surface area contributed by atoms with E-state index in [2.05, 4.69) is 36.4 Å². The fourth-order valence-corrected chi connectivity index (χ4v) is 2.69. The zero-order chi connectivity index (χ0) is 10.7. The second-order valence-corrected chi connectivity index (χ2v) is 4.38. The third-order valence-corrected chi connectivity index (χ3v) is 3.46. The van der Waals surface area contributed by atoms with Crippen LogP contribution in [0.4, 0.5) is 0 Å². The lowest BCUT2D eigenvalue weighted by Crippen LogP contribution is -2.31. The highest BCUT2D eigenvalue weighted by molar-refractivity contribution is 5.29. The standard InChI is InChI=1S/C13H20N2/c1-3-5-12(14-2)11-8-7-10-6-4-9-15-13(10)11/h4,6,9,11-12,14H,3,5,7-8H2,1-2H3. The van der Waals surface area contributed by atoms with Gasteiger partial charge in [0.25, 0.3) is 0 Å². The van der Waals surface area contributed by atoms with Gasteiger partial charge in [-0.2, -0.15) is 0 Å². The topological polar surface area (TPSA) is 24.9 Å². The number of hydrogen-bond donors (Lipinski definition) is 1. The van der Waals surface area contributed by atoms with Crippen LogP contribution in [-0.4, -0.2) is 18.1 Å². The summed E-state index contributed by atoms with van der Waals surface area (Å²) in [6.07, 6.45) is 6.88. The van der Waals surface area contributed by atoms with Gasteiger partial charge < -0.3 is 5.32 Å². The summed E-state index contributed by atoms with van der Waals surface area (Å²) >= 11 is 0. The first-order valence-corrected chi connectivity index (χ1v) is 5.97. The first kappa shape index (κ1) is 10.6. The second kappa shape index (κ2) is 4.75. The molecule has 0 saturated heterocycles. The highest BCUT2D eigenvalue weighted by atomic mass is 14.9. The van der Waals surface area contributed by atoms with E-state index >= 15 is 0 Å². The smallest absolute Gasteiger partial charge is 0.0482 e. The third kappa shape index (κ3) is 2.05. The van der Waals surface area contributed by atoms with Crippen molar-refractivity contribution >= 4 is 0 Å². The highest BCUT2D eigenvalue weighted by Gasteiger charge is 2.29. The number of fused-ring (bicyclic) bond motifs is 1. The summed E-state index contributed by atoms with van der Waals surface area (Å²) in [6.45, 7) is 2.25. The summed E-state index contributed by atoms with van der Waals surface area (Å²) in [5.41, 5.74) is 2.80. The average molecular weight is 204 g/mol. The van der Waals surface area contributed by atoms with Crippen molar-refractivity contribution in [2.24, 2.45) is 0 Å². The number of pyridine rings is 1. The number of nitrogens with one attached hydrogen (secondary N) is 1. The molecular formula is C13H20N2. The summed E-state index contributed by atoms with van der Waals surface area (Å²) in [6, 6.07) is 4.88. The maximum absolute atomic E-state index is 4.55. The molecule has 0 amide bonds. The van der Waals surface area contributed by atoms with Gasteiger partial charge in [-0.25, -0.2) is 0 Å². The van der Waals surface area contributed by atoms with Gasteiger partial charge in [0.2, 0.25) is 0 Å². The minimum atomic E-state index is 0.603. The van der Waals surface area contributed by atoms with Crippen LogP contribution in [0.1, 0.15) is 43.4 Å². The van der Waals surface area contributed by atoms with Crippen LogP contribution in [0.5, 0.6) is 0 Å². The molecule has 1 N–H and O–H groups in total. The van der Waals surface area contributed by atoms with Crippen molar-refractivity contribution < 1.29 is 0 Å². The zero-order valence-electron chi connectivity index (χ0n) is 9.66. The maximum Gasteiger partial charge on any atom is 0.0482 e. The Balaban J connectivity index is 2.18. The summed E-state index contributed by atoms with van der Waals surface area (Å²) < 4.78 is 0. The van der Waals surface area contributed by atoms with E-state index in [1.807, 2.05) is 6.20 Å². The van der Waals surface area contributed by atoms with Crippen LogP contribution in [0.3, 0.4) is 0 Å². The van der Waals surface area contributed by atoms with Crippen molar-refractivity contribution in [3.63, 3.8) is 0 Å². The lowest BCUT2D eigenvalue weighted by atomic mass is 9.93. The molecule has 0 radical (unpaired) electrons. The summed E-state index contributed by atoms with van der Waals surface area (Å²) in [4.78, 5) is 4.55. The maximum atomic E-state index is 4.55. The molecule has 15 heavy (non-hydrogen) atoms. The van der Waals surface area contributed by atoms with Gasteiger partial charge in [0.05, 0.1) is 0 Å². The third-order valence-electron chi connectivity index (χ3n) is 3.46. The Kier molecular flexibility index (Phi) is 3.37. The minimum absolute atomic E-state index is 0.603. The molecule has 1 aliphatic carbocycles. The number of likely N-dealkylation sites (N-methyl/N-ethyl adjacent to an activating group) is 1. The van der Waals surface area contributed by atoms with Crippen LogP contribution in [0.15, 0.2) is 18.3 Å². The molecule has 0 aromatic carbocycles. The van der Waals surface area contributed by atoms with Gasteiger partial charge in [0.1, 0.15) is 0 Å². The first-order valence-electron chi connectivity index (χ1n) is 5.97. The van der Waals surface area contributed by atoms with Crippen LogP contribution in [0, 0.1) is 0 Å². The summed E-state index contributed by atoms with van der Waals surface area (Å²) in [5, 5.41) is 3.45. The largest absolute Gasteiger partial charge is 0.316 e. The molecule has 82 valence electrons. The van der Waals surface area contributed by atoms with E-state index in [0.717, 1.165) is 0 Å². The van der Waals surface area contributed by atoms with E-state index < -0.39 is 0 Å². The number of aromatic nitrogens is 1. The van der Waals surface area contributed by atoms with Gasteiger partial charge in [-0.15, -0.1) is 0 Å². The minimum Gasteiger partial charge on any atom is -0.316 e. The molecule has 2 nitrogen and oxygen atoms in total. The summed E-state index contributed by atoms with van der Waals surface area (Å²) in [7, 11) is 2.07. The Bertz CT molecular complexity index is 322. The molecule has 1 heterocycles. The Morgan fingerprint density at radius 1 is 1.60 bits per heavy atom. The van der Waals surface area contributed by atoms with Crippen LogP contribution in [0.2, 0.25) is 0 Å². The van der Waals surface area contributed by atoms with E-state index in [4.69, 9.17) is 0 Å². The molecule has 2 heteroatoms. The molecule has 2 rings (SSSR count). The Morgan fingerprint density at radius 3 is 3.20 bits per heavy atom. The Labute approximate surface area is 92.1 Å². The fourth-order valence-electron chi connectivity index (χ4n) is 2.69. The van der Waals surface area contributed by atoms with E-state index in [-0.39, 0.29) is 0 Å². The van der Waals surface area contributed by atoms with Crippen molar-refractivity contribution in [1.82, 2.24) is 10.3 Å². The molecule has 1 aliphatic rings. The van der Waals surface area contributed by atoms with E-state index in [1.54, 1.807) is 0 Å². The average Bonchev–Trinajstić information content (AvgIpc) is 2.70. The monoisotopic (exact) mass is 204 g/mol. The lowest BCUT2D eigenvalue weighted by Gasteiger charge is -2.22. The first-order chi connectivity index (χ1) is 7.36. The van der Waals surface area contributed by atoms with Crippen molar-refractivity contribution in [2.45, 2.75) is 44.6 Å². The van der Waals surface area contributed by atoms with Crippen molar-refractivity contribution in [3.8, 4) is 0 Å². The van der Waals surface area contributed by atoms with Crippen LogP contribution in [-0.2, 0) is 6.42 Å². The van der Waals surface area contributed by atoms with Gasteiger partial charge in [0.15, 0.2) is 0 Å². The molecule has 2 atom stereocenters. The molecule has 0 bridgehead atoms. The highest BCUT2D eigenvalue weighted by Crippen LogP contribution is 2.34. The number of rotatable bonds is 4. The molecular weight excluding hydrogens is 184 g/mol. The number of aryl methyl sites for hydroxylation is 1. The van der Waals surface area contributed by atoms with Gasteiger partial charge in [-0.3, -0.25) is 4.98 Å². The molecule has 2 unspecified atom stereocenters. The van der Waals surface area contributed by atoms with Crippen LogP contribution >= 0.6 is 0 Å². The second-order valence-electron chi connectivity index (χ2n) is 4.38. The SMILES string of the molecule is CCCC(NC)C1CCc2cccnc21.